The van der Waals surface area contributed by atoms with Crippen LogP contribution in [0.4, 0.5) is 0 Å². The quantitative estimate of drug-likeness (QED) is 0.483. The zero-order chi connectivity index (χ0) is 23.6. The maximum atomic E-state index is 13.3. The molecule has 33 heavy (non-hydrogen) atoms. The summed E-state index contributed by atoms with van der Waals surface area (Å²) in [6.07, 6.45) is 5.54. The molecule has 1 aliphatic carbocycles. The highest BCUT2D eigenvalue weighted by Crippen LogP contribution is 2.21. The normalized spacial score (nSPS) is 15.0. The molecule has 1 N–H and O–H groups in total. The fraction of sp³-hybridized carbons (Fsp3) is 0.462. The van der Waals surface area contributed by atoms with Crippen LogP contribution in [0.15, 0.2) is 48.5 Å². The number of amides is 2. The van der Waals surface area contributed by atoms with Crippen molar-refractivity contribution in [2.75, 3.05) is 12.9 Å². The number of ether oxygens (including phenoxy) is 1. The lowest BCUT2D eigenvalue weighted by Gasteiger charge is -2.31. The summed E-state index contributed by atoms with van der Waals surface area (Å²) in [4.78, 5) is 28.0. The van der Waals surface area contributed by atoms with Crippen LogP contribution in [0.3, 0.4) is 0 Å². The number of carbonyl (C=O) groups is 2. The molecule has 0 bridgehead atoms. The number of thioether (sulfide) groups is 1. The van der Waals surface area contributed by atoms with Crippen molar-refractivity contribution >= 4 is 35.2 Å². The Labute approximate surface area is 206 Å². The standard InChI is InChI=1S/C26H33ClN2O3S/c1-19(26(31)28-23-11-4-3-5-12-23)29(16-20-8-7-13-24(15-20)32-2)25(30)18-33-17-21-9-6-10-22(27)14-21/h6-10,13-15,19,23H,3-5,11-12,16-18H2,1-2H3,(H,28,31)/t19-/m0/s1. The molecule has 0 saturated heterocycles. The molecule has 2 aromatic carbocycles. The van der Waals surface area contributed by atoms with Crippen molar-refractivity contribution in [2.45, 2.75) is 63.4 Å². The number of hydrogen-bond acceptors (Lipinski definition) is 4. The average molecular weight is 489 g/mol. The van der Waals surface area contributed by atoms with Gasteiger partial charge in [0.2, 0.25) is 11.8 Å². The predicted octanol–water partition coefficient (Wildman–Crippen LogP) is 5.45. The van der Waals surface area contributed by atoms with Gasteiger partial charge in [0.05, 0.1) is 12.9 Å². The number of halogens is 1. The number of methoxy groups -OCH3 is 1. The molecular weight excluding hydrogens is 456 g/mol. The van der Waals surface area contributed by atoms with Crippen LogP contribution in [0.2, 0.25) is 5.02 Å². The van der Waals surface area contributed by atoms with Crippen molar-refractivity contribution in [3.05, 3.63) is 64.7 Å². The summed E-state index contributed by atoms with van der Waals surface area (Å²) in [5.41, 5.74) is 2.00. The minimum atomic E-state index is -0.558. The third-order valence-corrected chi connectivity index (χ3v) is 7.21. The molecule has 0 spiro atoms. The van der Waals surface area contributed by atoms with Gasteiger partial charge in [0.15, 0.2) is 0 Å². The summed E-state index contributed by atoms with van der Waals surface area (Å²) in [6.45, 7) is 2.17. The van der Waals surface area contributed by atoms with Crippen LogP contribution in [0, 0.1) is 0 Å². The van der Waals surface area contributed by atoms with E-state index >= 15 is 0 Å². The van der Waals surface area contributed by atoms with E-state index in [1.807, 2.05) is 55.5 Å². The summed E-state index contributed by atoms with van der Waals surface area (Å²) < 4.78 is 5.33. The molecule has 0 heterocycles. The van der Waals surface area contributed by atoms with Gasteiger partial charge in [-0.2, -0.15) is 0 Å². The van der Waals surface area contributed by atoms with Gasteiger partial charge < -0.3 is 15.0 Å². The van der Waals surface area contributed by atoms with Crippen molar-refractivity contribution in [1.29, 1.82) is 0 Å². The number of nitrogens with one attached hydrogen (secondary N) is 1. The highest BCUT2D eigenvalue weighted by Gasteiger charge is 2.28. The van der Waals surface area contributed by atoms with Gasteiger partial charge >= 0.3 is 0 Å². The van der Waals surface area contributed by atoms with E-state index < -0.39 is 6.04 Å². The zero-order valence-corrected chi connectivity index (χ0v) is 21.0. The van der Waals surface area contributed by atoms with Gasteiger partial charge in [-0.1, -0.05) is 55.1 Å². The Kier molecular flexibility index (Phi) is 9.95. The Bertz CT molecular complexity index is 933. The van der Waals surface area contributed by atoms with E-state index in [-0.39, 0.29) is 23.6 Å². The van der Waals surface area contributed by atoms with E-state index in [9.17, 15) is 9.59 Å². The second-order valence-corrected chi connectivity index (χ2v) is 9.94. The lowest BCUT2D eigenvalue weighted by molar-refractivity contribution is -0.139. The first-order valence-corrected chi connectivity index (χ1v) is 13.0. The molecule has 7 heteroatoms. The highest BCUT2D eigenvalue weighted by molar-refractivity contribution is 7.99. The van der Waals surface area contributed by atoms with E-state index in [4.69, 9.17) is 16.3 Å². The summed E-state index contributed by atoms with van der Waals surface area (Å²) >= 11 is 7.60. The molecular formula is C26H33ClN2O3S. The summed E-state index contributed by atoms with van der Waals surface area (Å²) in [6, 6.07) is 14.9. The molecule has 1 atom stereocenters. The van der Waals surface area contributed by atoms with Gasteiger partial charge in [0, 0.05) is 23.4 Å². The molecule has 2 aromatic rings. The number of hydrogen-bond donors (Lipinski definition) is 1. The third kappa shape index (κ3) is 7.97. The Hall–Kier alpha value is -2.18. The SMILES string of the molecule is COc1cccc(CN(C(=O)CSCc2cccc(Cl)c2)[C@@H](C)C(=O)NC2CCCCC2)c1. The molecule has 178 valence electrons. The summed E-state index contributed by atoms with van der Waals surface area (Å²) in [7, 11) is 1.62. The van der Waals surface area contributed by atoms with Crippen molar-refractivity contribution in [2.24, 2.45) is 0 Å². The largest absolute Gasteiger partial charge is 0.497 e. The van der Waals surface area contributed by atoms with Gasteiger partial charge in [-0.15, -0.1) is 11.8 Å². The molecule has 0 unspecified atom stereocenters. The van der Waals surface area contributed by atoms with E-state index in [2.05, 4.69) is 5.32 Å². The maximum Gasteiger partial charge on any atom is 0.242 e. The van der Waals surface area contributed by atoms with Crippen LogP contribution in [0.1, 0.15) is 50.2 Å². The topological polar surface area (TPSA) is 58.6 Å². The molecule has 3 rings (SSSR count). The van der Waals surface area contributed by atoms with E-state index in [1.165, 1.54) is 18.2 Å². The van der Waals surface area contributed by atoms with Crippen LogP contribution in [-0.2, 0) is 21.9 Å². The predicted molar refractivity (Wildman–Crippen MR) is 136 cm³/mol. The second kappa shape index (κ2) is 12.9. The first-order chi connectivity index (χ1) is 16.0. The molecule has 5 nitrogen and oxygen atoms in total. The minimum Gasteiger partial charge on any atom is -0.497 e. The van der Waals surface area contributed by atoms with Crippen molar-refractivity contribution in [1.82, 2.24) is 10.2 Å². The van der Waals surface area contributed by atoms with E-state index in [0.29, 0.717) is 17.3 Å². The van der Waals surface area contributed by atoms with Crippen LogP contribution < -0.4 is 10.1 Å². The fourth-order valence-corrected chi connectivity index (χ4v) is 5.16. The Morgan fingerprint density at radius 3 is 2.58 bits per heavy atom. The first kappa shape index (κ1) is 25.4. The smallest absolute Gasteiger partial charge is 0.242 e. The molecule has 0 aliphatic heterocycles. The van der Waals surface area contributed by atoms with Crippen LogP contribution in [0.5, 0.6) is 5.75 Å². The van der Waals surface area contributed by atoms with Gasteiger partial charge in [-0.05, 0) is 55.2 Å². The number of nitrogens with zero attached hydrogens (tertiary/aromatic N) is 1. The monoisotopic (exact) mass is 488 g/mol. The van der Waals surface area contributed by atoms with Crippen LogP contribution >= 0.6 is 23.4 Å². The fourth-order valence-electron chi connectivity index (χ4n) is 4.08. The summed E-state index contributed by atoms with van der Waals surface area (Å²) in [5, 5.41) is 3.86. The van der Waals surface area contributed by atoms with E-state index in [0.717, 1.165) is 42.6 Å². The van der Waals surface area contributed by atoms with Gasteiger partial charge in [-0.25, -0.2) is 0 Å². The Morgan fingerprint density at radius 1 is 1.12 bits per heavy atom. The maximum absolute atomic E-state index is 13.3. The molecule has 2 amide bonds. The second-order valence-electron chi connectivity index (χ2n) is 8.52. The van der Waals surface area contributed by atoms with Gasteiger partial charge in [0.1, 0.15) is 11.8 Å². The number of benzene rings is 2. The highest BCUT2D eigenvalue weighted by atomic mass is 35.5. The molecule has 0 aromatic heterocycles. The minimum absolute atomic E-state index is 0.0591. The van der Waals surface area contributed by atoms with Crippen molar-refractivity contribution in [3.63, 3.8) is 0 Å². The lowest BCUT2D eigenvalue weighted by atomic mass is 9.95. The number of rotatable bonds is 10. The Morgan fingerprint density at radius 2 is 1.85 bits per heavy atom. The summed E-state index contributed by atoms with van der Waals surface area (Å²) in [5.74, 6) is 1.56. The molecule has 1 fully saturated rings. The van der Waals surface area contributed by atoms with E-state index in [1.54, 1.807) is 12.0 Å². The van der Waals surface area contributed by atoms with Crippen LogP contribution in [0.25, 0.3) is 0 Å². The molecule has 0 radical (unpaired) electrons. The van der Waals surface area contributed by atoms with Crippen molar-refractivity contribution < 1.29 is 14.3 Å². The number of carbonyl (C=O) groups excluding carboxylic acids is 2. The molecule has 1 saturated carbocycles. The Balaban J connectivity index is 1.67. The van der Waals surface area contributed by atoms with Crippen LogP contribution in [-0.4, -0.2) is 41.7 Å². The average Bonchev–Trinajstić information content (AvgIpc) is 2.83. The van der Waals surface area contributed by atoms with Gasteiger partial charge in [0.25, 0.3) is 0 Å². The van der Waals surface area contributed by atoms with Crippen molar-refractivity contribution in [3.8, 4) is 5.75 Å². The lowest BCUT2D eigenvalue weighted by Crippen LogP contribution is -2.50. The third-order valence-electron chi connectivity index (χ3n) is 5.99. The molecule has 1 aliphatic rings. The zero-order valence-electron chi connectivity index (χ0n) is 19.4. The van der Waals surface area contributed by atoms with Gasteiger partial charge in [-0.3, -0.25) is 9.59 Å². The first-order valence-electron chi connectivity index (χ1n) is 11.5.